The Balaban J connectivity index is 1.84. The highest BCUT2D eigenvalue weighted by Gasteiger charge is 2.36. The van der Waals surface area contributed by atoms with Gasteiger partial charge in [0.1, 0.15) is 0 Å². The fourth-order valence-electron chi connectivity index (χ4n) is 4.11. The van der Waals surface area contributed by atoms with Crippen molar-refractivity contribution in [2.45, 2.75) is 19.4 Å². The van der Waals surface area contributed by atoms with Crippen LogP contribution in [0.5, 0.6) is 0 Å². The number of halogens is 3. The van der Waals surface area contributed by atoms with Gasteiger partial charge in [0.05, 0.1) is 22.6 Å². The number of rotatable bonds is 6. The predicted octanol–water partition coefficient (Wildman–Crippen LogP) is 3.70. The van der Waals surface area contributed by atoms with Crippen molar-refractivity contribution in [1.82, 2.24) is 5.16 Å². The minimum Gasteiger partial charge on any atom is -0.366 e. The molecule has 210 valence electrons. The van der Waals surface area contributed by atoms with Gasteiger partial charge in [0.25, 0.3) is 5.91 Å². The second kappa shape index (κ2) is 10.7. The van der Waals surface area contributed by atoms with E-state index in [1.807, 2.05) is 6.07 Å². The van der Waals surface area contributed by atoms with E-state index in [-0.39, 0.29) is 50.3 Å². The van der Waals surface area contributed by atoms with Crippen molar-refractivity contribution in [2.24, 2.45) is 5.73 Å². The van der Waals surface area contributed by atoms with Gasteiger partial charge in [-0.3, -0.25) is 14.4 Å². The van der Waals surface area contributed by atoms with E-state index >= 15 is 0 Å². The van der Waals surface area contributed by atoms with Gasteiger partial charge in [0.15, 0.2) is 17.6 Å². The summed E-state index contributed by atoms with van der Waals surface area (Å²) < 4.78 is 47.6. The molecule has 0 radical (unpaired) electrons. The average Bonchev–Trinajstić information content (AvgIpc) is 3.34. The number of fused-ring (bicyclic) bond motifs is 1. The number of carbonyl (C=O) groups excluding carboxylic acids is 3. The Morgan fingerprint density at radius 2 is 1.80 bits per heavy atom. The molecule has 0 spiro atoms. The number of primary amides is 1. The zero-order valence-corrected chi connectivity index (χ0v) is 21.3. The summed E-state index contributed by atoms with van der Waals surface area (Å²) >= 11 is 0. The molecule has 11 nitrogen and oxygen atoms in total. The van der Waals surface area contributed by atoms with Crippen molar-refractivity contribution in [3.8, 4) is 17.2 Å². The van der Waals surface area contributed by atoms with Crippen LogP contribution in [0.4, 0.5) is 24.5 Å². The molecule has 41 heavy (non-hydrogen) atoms. The zero-order valence-electron chi connectivity index (χ0n) is 21.3. The Labute approximate surface area is 229 Å². The smallest absolute Gasteiger partial charge is 0.366 e. The van der Waals surface area contributed by atoms with Crippen LogP contribution in [0.3, 0.4) is 0 Å². The maximum atomic E-state index is 14.1. The molecule has 0 aliphatic heterocycles. The number of benzene rings is 3. The summed E-state index contributed by atoms with van der Waals surface area (Å²) in [4.78, 5) is 38.1. The van der Waals surface area contributed by atoms with Crippen molar-refractivity contribution in [1.29, 1.82) is 5.26 Å². The lowest BCUT2D eigenvalue weighted by atomic mass is 9.92. The number of aliphatic hydroxyl groups excluding tert-OH is 1. The monoisotopic (exact) mass is 567 g/mol. The Kier molecular flexibility index (Phi) is 7.51. The Morgan fingerprint density at radius 3 is 2.39 bits per heavy atom. The van der Waals surface area contributed by atoms with E-state index in [9.17, 15) is 37.8 Å². The molecular weight excluding hydrogens is 547 g/mol. The highest BCUT2D eigenvalue weighted by atomic mass is 19.4. The van der Waals surface area contributed by atoms with E-state index in [1.54, 1.807) is 0 Å². The van der Waals surface area contributed by atoms with Crippen LogP contribution in [0.25, 0.3) is 22.1 Å². The highest BCUT2D eigenvalue weighted by molar-refractivity contribution is 6.13. The number of aliphatic hydroxyl groups is 2. The van der Waals surface area contributed by atoms with Crippen LogP contribution in [0.15, 0.2) is 53.1 Å². The molecule has 1 aromatic heterocycles. The molecule has 1 heterocycles. The molecule has 0 atom stereocenters. The number of alkyl halides is 3. The second-order valence-electron chi connectivity index (χ2n) is 8.84. The summed E-state index contributed by atoms with van der Waals surface area (Å²) in [7, 11) is 1.31. The van der Waals surface area contributed by atoms with Crippen molar-refractivity contribution >= 4 is 40.1 Å². The lowest BCUT2D eigenvalue weighted by Crippen LogP contribution is -2.23. The molecule has 0 fully saturated rings. The number of aromatic nitrogens is 1. The number of carbonyl (C=O) groups is 3. The first kappa shape index (κ1) is 28.7. The molecule has 0 aliphatic rings. The molecule has 3 aromatic carbocycles. The maximum absolute atomic E-state index is 14.1. The largest absolute Gasteiger partial charge is 0.417 e. The average molecular weight is 567 g/mol. The normalized spacial score (nSPS) is 11.4. The van der Waals surface area contributed by atoms with Crippen LogP contribution < -0.4 is 16.0 Å². The van der Waals surface area contributed by atoms with Crippen LogP contribution in [-0.4, -0.2) is 40.1 Å². The first-order valence-corrected chi connectivity index (χ1v) is 11.6. The van der Waals surface area contributed by atoms with E-state index < -0.39 is 41.3 Å². The van der Waals surface area contributed by atoms with E-state index in [0.29, 0.717) is 0 Å². The Morgan fingerprint density at radius 1 is 1.10 bits per heavy atom. The molecule has 0 bridgehead atoms. The summed E-state index contributed by atoms with van der Waals surface area (Å²) in [6.07, 6.45) is -6.93. The topological polar surface area (TPSA) is 183 Å². The molecule has 0 saturated heterocycles. The SMILES string of the molecule is CC(=O)N(C)c1ccc(-c2cc3onc(C(=O)Nc4ccc(C#N)cc4C(O)O)c3cc2C(N)=O)c(C(F)(F)F)c1. The molecule has 14 heteroatoms. The summed E-state index contributed by atoms with van der Waals surface area (Å²) in [6, 6.07) is 10.8. The molecular formula is C27H20F3N5O6. The number of nitriles is 1. The maximum Gasteiger partial charge on any atom is 0.417 e. The van der Waals surface area contributed by atoms with Crippen molar-refractivity contribution < 1.29 is 42.3 Å². The Hall–Kier alpha value is -5.26. The van der Waals surface area contributed by atoms with E-state index in [1.165, 1.54) is 32.2 Å². The van der Waals surface area contributed by atoms with Gasteiger partial charge in [-0.25, -0.2) is 0 Å². The van der Waals surface area contributed by atoms with Gasteiger partial charge in [0, 0.05) is 36.5 Å². The Bertz CT molecular complexity index is 1760. The summed E-state index contributed by atoms with van der Waals surface area (Å²) in [6.45, 7) is 1.19. The van der Waals surface area contributed by atoms with Gasteiger partial charge in [-0.2, -0.15) is 18.4 Å². The van der Waals surface area contributed by atoms with Gasteiger partial charge >= 0.3 is 6.18 Å². The summed E-state index contributed by atoms with van der Waals surface area (Å²) in [5.74, 6) is -2.53. The molecule has 0 saturated carbocycles. The summed E-state index contributed by atoms with van der Waals surface area (Å²) in [5, 5.41) is 34.3. The zero-order chi connectivity index (χ0) is 30.2. The number of hydrogen-bond acceptors (Lipinski definition) is 8. The van der Waals surface area contributed by atoms with Crippen LogP contribution in [0.1, 0.15) is 50.8 Å². The first-order valence-electron chi connectivity index (χ1n) is 11.6. The first-order chi connectivity index (χ1) is 19.2. The quantitative estimate of drug-likeness (QED) is 0.254. The lowest BCUT2D eigenvalue weighted by molar-refractivity contribution is -0.137. The lowest BCUT2D eigenvalue weighted by Gasteiger charge is -2.20. The molecule has 4 rings (SSSR count). The van der Waals surface area contributed by atoms with Gasteiger partial charge in [-0.05, 0) is 53.6 Å². The number of amides is 3. The van der Waals surface area contributed by atoms with Crippen LogP contribution in [0.2, 0.25) is 0 Å². The van der Waals surface area contributed by atoms with E-state index in [2.05, 4.69) is 10.5 Å². The fourth-order valence-corrected chi connectivity index (χ4v) is 4.11. The highest BCUT2D eigenvalue weighted by Crippen LogP contribution is 2.41. The van der Waals surface area contributed by atoms with Gasteiger partial charge in [-0.1, -0.05) is 11.2 Å². The molecule has 0 unspecified atom stereocenters. The minimum atomic E-state index is -4.89. The van der Waals surface area contributed by atoms with Crippen LogP contribution in [-0.2, 0) is 11.0 Å². The molecule has 4 aromatic rings. The van der Waals surface area contributed by atoms with E-state index in [0.717, 1.165) is 35.2 Å². The van der Waals surface area contributed by atoms with Crippen LogP contribution in [0, 0.1) is 11.3 Å². The molecule has 0 aliphatic carbocycles. The van der Waals surface area contributed by atoms with Crippen molar-refractivity contribution in [2.75, 3.05) is 17.3 Å². The third-order valence-electron chi connectivity index (χ3n) is 6.26. The van der Waals surface area contributed by atoms with Crippen molar-refractivity contribution in [3.05, 3.63) is 76.5 Å². The third-order valence-corrected chi connectivity index (χ3v) is 6.26. The van der Waals surface area contributed by atoms with Gasteiger partial charge in [-0.15, -0.1) is 0 Å². The van der Waals surface area contributed by atoms with Gasteiger partial charge in [0.2, 0.25) is 11.8 Å². The predicted molar refractivity (Wildman–Crippen MR) is 138 cm³/mol. The molecule has 3 amide bonds. The van der Waals surface area contributed by atoms with Crippen LogP contribution >= 0.6 is 0 Å². The van der Waals surface area contributed by atoms with Crippen molar-refractivity contribution in [3.63, 3.8) is 0 Å². The number of nitrogens with two attached hydrogens (primary N) is 1. The number of hydrogen-bond donors (Lipinski definition) is 4. The summed E-state index contributed by atoms with van der Waals surface area (Å²) in [5.41, 5.74) is 2.54. The van der Waals surface area contributed by atoms with E-state index in [4.69, 9.17) is 15.5 Å². The number of nitrogens with one attached hydrogen (secondary N) is 1. The fraction of sp³-hybridized carbons (Fsp3) is 0.148. The van der Waals surface area contributed by atoms with Gasteiger partial charge < -0.3 is 30.7 Å². The third kappa shape index (κ3) is 5.57. The number of nitrogens with zero attached hydrogens (tertiary/aromatic N) is 3. The number of anilines is 2. The standard InChI is InChI=1S/C27H20F3N5O6/c1-12(36)35(2)14-4-5-15(20(8-14)27(28,29)30)16-10-22-19(9-17(16)24(32)37)23(34-41-22)25(38)33-21-6-3-13(11-31)7-18(21)26(39)40/h3-10,26,39-40H,1-2H3,(H2,32,37)(H,33,38). The second-order valence-corrected chi connectivity index (χ2v) is 8.84. The molecule has 5 N–H and O–H groups in total. The minimum absolute atomic E-state index is 0.0379.